The lowest BCUT2D eigenvalue weighted by Crippen LogP contribution is -2.40. The average molecular weight is 401 g/mol. The van der Waals surface area contributed by atoms with E-state index < -0.39 is 5.91 Å². The van der Waals surface area contributed by atoms with Gasteiger partial charge >= 0.3 is 0 Å². The molecule has 1 saturated heterocycles. The van der Waals surface area contributed by atoms with Gasteiger partial charge in [-0.2, -0.15) is 0 Å². The van der Waals surface area contributed by atoms with Gasteiger partial charge in [0.25, 0.3) is 11.8 Å². The fraction of sp³-hybridized carbons (Fsp3) is 0.250. The summed E-state index contributed by atoms with van der Waals surface area (Å²) < 4.78 is 5.35. The van der Waals surface area contributed by atoms with Crippen LogP contribution in [0.2, 0.25) is 0 Å². The number of primary amides is 1. The van der Waals surface area contributed by atoms with Gasteiger partial charge in [-0.25, -0.2) is 0 Å². The predicted octanol–water partition coefficient (Wildman–Crippen LogP) is 3.49. The van der Waals surface area contributed by atoms with E-state index in [1.807, 2.05) is 41.3 Å². The van der Waals surface area contributed by atoms with E-state index in [0.717, 1.165) is 28.3 Å². The fourth-order valence-corrected chi connectivity index (χ4v) is 4.34. The smallest absolute Gasteiger partial charge is 0.254 e. The molecule has 0 saturated carbocycles. The Bertz CT molecular complexity index is 1220. The van der Waals surface area contributed by atoms with Gasteiger partial charge in [0.2, 0.25) is 0 Å². The molecule has 5 rings (SSSR count). The number of amides is 2. The Balaban J connectivity index is 1.65. The maximum atomic E-state index is 13.0. The van der Waals surface area contributed by atoms with Gasteiger partial charge in [-0.3, -0.25) is 9.59 Å². The van der Waals surface area contributed by atoms with E-state index in [-0.39, 0.29) is 11.8 Å². The van der Waals surface area contributed by atoms with Crippen molar-refractivity contribution in [1.29, 1.82) is 0 Å². The molecule has 2 heterocycles. The van der Waals surface area contributed by atoms with Crippen molar-refractivity contribution in [3.05, 3.63) is 71.3 Å². The Morgan fingerprint density at radius 1 is 1.07 bits per heavy atom. The number of nitrogens with one attached hydrogen (secondary N) is 1. The van der Waals surface area contributed by atoms with Crippen LogP contribution in [0, 0.1) is 0 Å². The highest BCUT2D eigenvalue weighted by atomic mass is 16.5. The van der Waals surface area contributed by atoms with Crippen molar-refractivity contribution in [2.75, 3.05) is 26.3 Å². The van der Waals surface area contributed by atoms with E-state index in [9.17, 15) is 9.59 Å². The first kappa shape index (κ1) is 18.6. The van der Waals surface area contributed by atoms with Gasteiger partial charge < -0.3 is 20.4 Å². The Morgan fingerprint density at radius 3 is 2.63 bits per heavy atom. The van der Waals surface area contributed by atoms with Crippen LogP contribution in [0.4, 0.5) is 0 Å². The zero-order valence-electron chi connectivity index (χ0n) is 16.6. The lowest BCUT2D eigenvalue weighted by atomic mass is 9.90. The molecular weight excluding hydrogens is 378 g/mol. The molecule has 2 amide bonds. The maximum absolute atomic E-state index is 13.0. The van der Waals surface area contributed by atoms with Crippen molar-refractivity contribution in [3.8, 4) is 0 Å². The minimum Gasteiger partial charge on any atom is -0.378 e. The van der Waals surface area contributed by atoms with Crippen LogP contribution in [0.5, 0.6) is 0 Å². The van der Waals surface area contributed by atoms with Gasteiger partial charge in [0.1, 0.15) is 0 Å². The topological polar surface area (TPSA) is 88.4 Å². The standard InChI is InChI=1S/C24H23N3O3/c25-23(28)20-14-17(15-4-2-1-3-5-15)13-19-18-12-16(6-7-21(18)26-22(19)20)24(29)27-8-10-30-11-9-27/h1-4,6-7,12-15,26H,5,8-11H2,(H2,25,28). The summed E-state index contributed by atoms with van der Waals surface area (Å²) in [5.74, 6) is -0.268. The highest BCUT2D eigenvalue weighted by Gasteiger charge is 2.21. The van der Waals surface area contributed by atoms with Crippen LogP contribution < -0.4 is 5.73 Å². The van der Waals surface area contributed by atoms with Gasteiger partial charge in [-0.15, -0.1) is 0 Å². The summed E-state index contributed by atoms with van der Waals surface area (Å²) in [4.78, 5) is 30.3. The molecule has 152 valence electrons. The molecule has 30 heavy (non-hydrogen) atoms. The quantitative estimate of drug-likeness (QED) is 0.704. The number of hydrogen-bond donors (Lipinski definition) is 2. The van der Waals surface area contributed by atoms with Crippen molar-refractivity contribution < 1.29 is 14.3 Å². The number of carbonyl (C=O) groups is 2. The highest BCUT2D eigenvalue weighted by Crippen LogP contribution is 2.34. The molecule has 1 aromatic heterocycles. The molecule has 0 radical (unpaired) electrons. The number of carbonyl (C=O) groups excluding carboxylic acids is 2. The van der Waals surface area contributed by atoms with E-state index >= 15 is 0 Å². The number of H-pyrrole nitrogens is 1. The molecule has 0 spiro atoms. The molecule has 1 fully saturated rings. The third kappa shape index (κ3) is 3.19. The molecular formula is C24H23N3O3. The third-order valence-electron chi connectivity index (χ3n) is 5.95. The number of rotatable bonds is 3. The Hall–Kier alpha value is -3.38. The molecule has 2 aromatic carbocycles. The van der Waals surface area contributed by atoms with Gasteiger partial charge in [-0.05, 0) is 42.3 Å². The number of hydrogen-bond acceptors (Lipinski definition) is 3. The first-order chi connectivity index (χ1) is 14.6. The number of nitrogens with zero attached hydrogens (tertiary/aromatic N) is 1. The Morgan fingerprint density at radius 2 is 1.90 bits per heavy atom. The summed E-state index contributed by atoms with van der Waals surface area (Å²) in [6, 6.07) is 9.63. The van der Waals surface area contributed by atoms with Crippen molar-refractivity contribution >= 4 is 33.6 Å². The normalized spacial score (nSPS) is 18.9. The van der Waals surface area contributed by atoms with Crippen molar-refractivity contribution in [2.24, 2.45) is 5.73 Å². The zero-order chi connectivity index (χ0) is 20.7. The number of benzene rings is 2. The van der Waals surface area contributed by atoms with Crippen LogP contribution in [-0.2, 0) is 4.74 Å². The predicted molar refractivity (Wildman–Crippen MR) is 117 cm³/mol. The number of nitrogens with two attached hydrogens (primary N) is 1. The van der Waals surface area contributed by atoms with E-state index in [4.69, 9.17) is 10.5 Å². The van der Waals surface area contributed by atoms with Crippen LogP contribution >= 0.6 is 0 Å². The Kier molecular flexibility index (Phi) is 4.64. The van der Waals surface area contributed by atoms with Crippen molar-refractivity contribution in [3.63, 3.8) is 0 Å². The second kappa shape index (κ2) is 7.46. The zero-order valence-corrected chi connectivity index (χ0v) is 16.6. The lowest BCUT2D eigenvalue weighted by molar-refractivity contribution is 0.0303. The molecule has 3 aromatic rings. The van der Waals surface area contributed by atoms with E-state index in [1.54, 1.807) is 0 Å². The fourth-order valence-electron chi connectivity index (χ4n) is 4.34. The third-order valence-corrected chi connectivity index (χ3v) is 5.95. The first-order valence-electron chi connectivity index (χ1n) is 10.2. The molecule has 6 nitrogen and oxygen atoms in total. The summed E-state index contributed by atoms with van der Waals surface area (Å²) in [6.45, 7) is 2.33. The molecule has 0 bridgehead atoms. The van der Waals surface area contributed by atoms with Gasteiger partial charge in [0.05, 0.1) is 24.3 Å². The highest BCUT2D eigenvalue weighted by molar-refractivity contribution is 6.16. The molecule has 6 heteroatoms. The van der Waals surface area contributed by atoms with Crippen LogP contribution in [0.25, 0.3) is 21.8 Å². The summed E-state index contributed by atoms with van der Waals surface area (Å²) in [5, 5.41) is 1.83. The summed E-state index contributed by atoms with van der Waals surface area (Å²) in [7, 11) is 0. The summed E-state index contributed by atoms with van der Waals surface area (Å²) in [5.41, 5.74) is 9.46. The molecule has 1 atom stereocenters. The SMILES string of the molecule is NC(=O)c1cc(C2C=CC=CC2)cc2c1[nH]c1ccc(C(=O)N3CCOCC3)cc12. The number of fused-ring (bicyclic) bond motifs is 3. The minimum atomic E-state index is -0.464. The van der Waals surface area contributed by atoms with Crippen molar-refractivity contribution in [1.82, 2.24) is 9.88 Å². The number of ether oxygens (including phenoxy) is 1. The molecule has 2 aliphatic rings. The number of allylic oxidation sites excluding steroid dienone is 4. The van der Waals surface area contributed by atoms with E-state index in [2.05, 4.69) is 23.2 Å². The average Bonchev–Trinajstić information content (AvgIpc) is 3.16. The monoisotopic (exact) mass is 401 g/mol. The number of aromatic nitrogens is 1. The molecule has 1 aliphatic heterocycles. The number of aromatic amines is 1. The summed E-state index contributed by atoms with van der Waals surface area (Å²) in [6.07, 6.45) is 9.18. The van der Waals surface area contributed by atoms with E-state index in [1.165, 1.54) is 0 Å². The molecule has 1 unspecified atom stereocenters. The second-order valence-electron chi connectivity index (χ2n) is 7.80. The van der Waals surface area contributed by atoms with Crippen molar-refractivity contribution in [2.45, 2.75) is 12.3 Å². The Labute approximate surface area is 174 Å². The number of morpholine rings is 1. The van der Waals surface area contributed by atoms with Crippen LogP contribution in [0.1, 0.15) is 38.6 Å². The molecule has 1 aliphatic carbocycles. The van der Waals surface area contributed by atoms with Gasteiger partial charge in [-0.1, -0.05) is 24.3 Å². The van der Waals surface area contributed by atoms with Crippen LogP contribution in [-0.4, -0.2) is 48.0 Å². The first-order valence-corrected chi connectivity index (χ1v) is 10.2. The van der Waals surface area contributed by atoms with Crippen LogP contribution in [0.15, 0.2) is 54.6 Å². The molecule has 3 N–H and O–H groups in total. The van der Waals surface area contributed by atoms with Gasteiger partial charge in [0.15, 0.2) is 0 Å². The van der Waals surface area contributed by atoms with E-state index in [0.29, 0.717) is 42.9 Å². The largest absolute Gasteiger partial charge is 0.378 e. The maximum Gasteiger partial charge on any atom is 0.254 e. The van der Waals surface area contributed by atoms with Gasteiger partial charge in [0, 0.05) is 40.9 Å². The summed E-state index contributed by atoms with van der Waals surface area (Å²) >= 11 is 0. The minimum absolute atomic E-state index is 0.00109. The lowest BCUT2D eigenvalue weighted by Gasteiger charge is -2.26. The second-order valence-corrected chi connectivity index (χ2v) is 7.80. The van der Waals surface area contributed by atoms with Crippen LogP contribution in [0.3, 0.4) is 0 Å².